The molecule has 1 aliphatic heterocycles. The molecular weight excluding hydrogens is 328 g/mol. The van der Waals surface area contributed by atoms with Crippen LogP contribution in [0.25, 0.3) is 0 Å². The van der Waals surface area contributed by atoms with Gasteiger partial charge in [0.25, 0.3) is 0 Å². The maximum Gasteiger partial charge on any atom is 0.334 e. The fourth-order valence-electron chi connectivity index (χ4n) is 3.16. The van der Waals surface area contributed by atoms with E-state index in [1.807, 2.05) is 6.92 Å². The molecular formula is C16H24N4O5. The minimum Gasteiger partial charge on any atom is -0.335 e. The molecule has 2 rings (SSSR count). The summed E-state index contributed by atoms with van der Waals surface area (Å²) in [6, 6.07) is -1.48. The summed E-state index contributed by atoms with van der Waals surface area (Å²) in [5.74, 6) is -2.47. The summed E-state index contributed by atoms with van der Waals surface area (Å²) >= 11 is 0. The summed E-state index contributed by atoms with van der Waals surface area (Å²) in [6.07, 6.45) is 4.53. The zero-order chi connectivity index (χ0) is 18.6. The Bertz CT molecular complexity index is 591. The second-order valence-corrected chi connectivity index (χ2v) is 6.52. The van der Waals surface area contributed by atoms with Gasteiger partial charge in [0, 0.05) is 12.6 Å². The van der Waals surface area contributed by atoms with Crippen molar-refractivity contribution >= 4 is 29.8 Å². The van der Waals surface area contributed by atoms with E-state index in [0.717, 1.165) is 30.6 Å². The second kappa shape index (κ2) is 8.09. The number of carbonyl (C=O) groups excluding carboxylic acids is 5. The van der Waals surface area contributed by atoms with Crippen molar-refractivity contribution in [3.8, 4) is 0 Å². The number of amides is 7. The number of imide groups is 3. The van der Waals surface area contributed by atoms with Crippen molar-refractivity contribution in [2.24, 2.45) is 5.92 Å². The predicted octanol–water partition coefficient (Wildman–Crippen LogP) is 0.592. The van der Waals surface area contributed by atoms with E-state index < -0.39 is 36.3 Å². The van der Waals surface area contributed by atoms with Gasteiger partial charge in [0.2, 0.25) is 5.91 Å². The maximum absolute atomic E-state index is 12.0. The lowest BCUT2D eigenvalue weighted by Crippen LogP contribution is -2.50. The molecule has 0 bridgehead atoms. The molecule has 1 saturated heterocycles. The average Bonchev–Trinajstić information content (AvgIpc) is 2.75. The van der Waals surface area contributed by atoms with E-state index in [1.54, 1.807) is 6.92 Å². The minimum absolute atomic E-state index is 0.00164. The molecule has 0 radical (unpaired) electrons. The SMILES string of the molecule is CCCN1C(=O)C(=O)N(CC(=O)NC(=O)N[C@@H]2CCCC[C@H]2C)C1=O. The van der Waals surface area contributed by atoms with Gasteiger partial charge in [-0.15, -0.1) is 0 Å². The minimum atomic E-state index is -1.05. The van der Waals surface area contributed by atoms with Crippen molar-refractivity contribution in [2.75, 3.05) is 13.1 Å². The molecule has 2 N–H and O–H groups in total. The van der Waals surface area contributed by atoms with Crippen molar-refractivity contribution in [3.63, 3.8) is 0 Å². The molecule has 2 fully saturated rings. The Morgan fingerprint density at radius 2 is 1.72 bits per heavy atom. The molecule has 9 nitrogen and oxygen atoms in total. The highest BCUT2D eigenvalue weighted by Gasteiger charge is 2.44. The number of urea groups is 2. The average molecular weight is 352 g/mol. The first-order chi connectivity index (χ1) is 11.8. The fraction of sp³-hybridized carbons (Fsp3) is 0.688. The molecule has 0 unspecified atom stereocenters. The van der Waals surface area contributed by atoms with E-state index in [2.05, 4.69) is 10.6 Å². The summed E-state index contributed by atoms with van der Waals surface area (Å²) in [7, 11) is 0. The van der Waals surface area contributed by atoms with Gasteiger partial charge in [0.05, 0.1) is 0 Å². The van der Waals surface area contributed by atoms with E-state index >= 15 is 0 Å². The third-order valence-electron chi connectivity index (χ3n) is 4.56. The Kier molecular flexibility index (Phi) is 6.11. The van der Waals surface area contributed by atoms with Gasteiger partial charge >= 0.3 is 23.9 Å². The summed E-state index contributed by atoms with van der Waals surface area (Å²) in [5.41, 5.74) is 0. The van der Waals surface area contributed by atoms with Crippen molar-refractivity contribution in [1.82, 2.24) is 20.4 Å². The molecule has 0 aromatic heterocycles. The van der Waals surface area contributed by atoms with Gasteiger partial charge in [0.15, 0.2) is 0 Å². The van der Waals surface area contributed by atoms with Crippen LogP contribution >= 0.6 is 0 Å². The van der Waals surface area contributed by atoms with Gasteiger partial charge in [-0.3, -0.25) is 24.6 Å². The molecule has 0 aromatic carbocycles. The van der Waals surface area contributed by atoms with E-state index in [1.165, 1.54) is 0 Å². The predicted molar refractivity (Wildman–Crippen MR) is 87.2 cm³/mol. The summed E-state index contributed by atoms with van der Waals surface area (Å²) in [4.78, 5) is 60.8. The summed E-state index contributed by atoms with van der Waals surface area (Å²) in [5, 5.41) is 4.86. The summed E-state index contributed by atoms with van der Waals surface area (Å²) < 4.78 is 0. The third-order valence-corrected chi connectivity index (χ3v) is 4.56. The Balaban J connectivity index is 1.87. The molecule has 0 spiro atoms. The quantitative estimate of drug-likeness (QED) is 0.555. The largest absolute Gasteiger partial charge is 0.335 e. The van der Waals surface area contributed by atoms with E-state index in [-0.39, 0.29) is 12.6 Å². The lowest BCUT2D eigenvalue weighted by Gasteiger charge is -2.29. The van der Waals surface area contributed by atoms with Crippen molar-refractivity contribution in [1.29, 1.82) is 0 Å². The molecule has 9 heteroatoms. The normalized spacial score (nSPS) is 23.8. The van der Waals surface area contributed by atoms with Crippen LogP contribution in [0.5, 0.6) is 0 Å². The highest BCUT2D eigenvalue weighted by atomic mass is 16.2. The van der Waals surface area contributed by atoms with Crippen LogP contribution in [0, 0.1) is 5.92 Å². The molecule has 7 amide bonds. The highest BCUT2D eigenvalue weighted by Crippen LogP contribution is 2.23. The summed E-state index contributed by atoms with van der Waals surface area (Å²) in [6.45, 7) is 3.26. The molecule has 0 aromatic rings. The number of hydrogen-bond donors (Lipinski definition) is 2. The zero-order valence-electron chi connectivity index (χ0n) is 14.5. The van der Waals surface area contributed by atoms with Gasteiger partial charge in [-0.25, -0.2) is 14.5 Å². The number of nitrogens with one attached hydrogen (secondary N) is 2. The van der Waals surface area contributed by atoms with E-state index in [4.69, 9.17) is 0 Å². The van der Waals surface area contributed by atoms with Crippen molar-refractivity contribution < 1.29 is 24.0 Å². The van der Waals surface area contributed by atoms with Gasteiger partial charge in [-0.2, -0.15) is 0 Å². The Hall–Kier alpha value is -2.45. The topological polar surface area (TPSA) is 116 Å². The maximum atomic E-state index is 12.0. The van der Waals surface area contributed by atoms with Crippen molar-refractivity contribution in [3.05, 3.63) is 0 Å². The lowest BCUT2D eigenvalue weighted by molar-refractivity contribution is -0.143. The van der Waals surface area contributed by atoms with Crippen LogP contribution in [0.2, 0.25) is 0 Å². The molecule has 138 valence electrons. The van der Waals surface area contributed by atoms with Gasteiger partial charge in [-0.05, 0) is 25.2 Å². The standard InChI is InChI=1S/C16H24N4O5/c1-3-8-19-13(22)14(23)20(16(19)25)9-12(21)18-15(24)17-11-7-5-4-6-10(11)2/h10-11H,3-9H2,1-2H3,(H2,17,18,21,24)/t10-,11-/m1/s1. The Labute approximate surface area is 146 Å². The first kappa shape index (κ1) is 18.9. The number of hydrogen-bond acceptors (Lipinski definition) is 5. The van der Waals surface area contributed by atoms with Crippen LogP contribution in [-0.4, -0.2) is 58.7 Å². The van der Waals surface area contributed by atoms with Crippen LogP contribution in [0.1, 0.15) is 46.0 Å². The van der Waals surface area contributed by atoms with E-state index in [0.29, 0.717) is 17.2 Å². The number of carbonyl (C=O) groups is 5. The van der Waals surface area contributed by atoms with Crippen LogP contribution < -0.4 is 10.6 Å². The molecule has 1 saturated carbocycles. The molecule has 1 aliphatic carbocycles. The lowest BCUT2D eigenvalue weighted by atomic mass is 9.86. The van der Waals surface area contributed by atoms with Crippen LogP contribution in [0.4, 0.5) is 9.59 Å². The molecule has 2 atom stereocenters. The van der Waals surface area contributed by atoms with Gasteiger partial charge in [0.1, 0.15) is 6.54 Å². The van der Waals surface area contributed by atoms with Crippen LogP contribution in [0.3, 0.4) is 0 Å². The van der Waals surface area contributed by atoms with Crippen LogP contribution in [0.15, 0.2) is 0 Å². The molecule has 1 heterocycles. The number of nitrogens with zero attached hydrogens (tertiary/aromatic N) is 2. The Morgan fingerprint density at radius 3 is 2.36 bits per heavy atom. The second-order valence-electron chi connectivity index (χ2n) is 6.52. The fourth-order valence-corrected chi connectivity index (χ4v) is 3.16. The zero-order valence-corrected chi connectivity index (χ0v) is 14.5. The first-order valence-electron chi connectivity index (χ1n) is 8.62. The molecule has 2 aliphatic rings. The number of rotatable bonds is 5. The molecule has 25 heavy (non-hydrogen) atoms. The monoisotopic (exact) mass is 352 g/mol. The van der Waals surface area contributed by atoms with Crippen LogP contribution in [-0.2, 0) is 14.4 Å². The van der Waals surface area contributed by atoms with Gasteiger partial charge in [-0.1, -0.05) is 26.7 Å². The first-order valence-corrected chi connectivity index (χ1v) is 8.62. The third kappa shape index (κ3) is 4.34. The highest BCUT2D eigenvalue weighted by molar-refractivity contribution is 6.45. The Morgan fingerprint density at radius 1 is 1.08 bits per heavy atom. The smallest absolute Gasteiger partial charge is 0.334 e. The van der Waals surface area contributed by atoms with Gasteiger partial charge < -0.3 is 5.32 Å². The van der Waals surface area contributed by atoms with Crippen molar-refractivity contribution in [2.45, 2.75) is 52.0 Å². The van der Waals surface area contributed by atoms with E-state index in [9.17, 15) is 24.0 Å².